The van der Waals surface area contributed by atoms with Crippen LogP contribution >= 0.6 is 0 Å². The maximum Gasteiger partial charge on any atom is 0.197 e. The fourth-order valence-corrected chi connectivity index (χ4v) is 7.65. The molecule has 5 aromatic rings. The number of fused-ring (bicyclic) bond motifs is 5. The fraction of sp³-hybridized carbons (Fsp3) is 0.179. The highest BCUT2D eigenvalue weighted by atomic mass is 16.2. The van der Waals surface area contributed by atoms with Crippen molar-refractivity contribution in [1.29, 1.82) is 0 Å². The average Bonchev–Trinajstić information content (AvgIpc) is 3.48. The lowest BCUT2D eigenvalue weighted by molar-refractivity contribution is 0.0985. The van der Waals surface area contributed by atoms with Crippen molar-refractivity contribution in [1.82, 2.24) is 4.57 Å². The van der Waals surface area contributed by atoms with Crippen LogP contribution in [0.15, 0.2) is 126 Å². The summed E-state index contributed by atoms with van der Waals surface area (Å²) in [4.78, 5) is 26.7. The van der Waals surface area contributed by atoms with Gasteiger partial charge in [0.25, 0.3) is 0 Å². The van der Waals surface area contributed by atoms with Crippen molar-refractivity contribution in [2.45, 2.75) is 33.1 Å². The van der Waals surface area contributed by atoms with E-state index in [0.717, 1.165) is 30.5 Å². The van der Waals surface area contributed by atoms with E-state index in [2.05, 4.69) is 103 Å². The van der Waals surface area contributed by atoms with Crippen LogP contribution in [0.2, 0.25) is 0 Å². The highest BCUT2D eigenvalue weighted by Crippen LogP contribution is 2.51. The molecular formula is C39H31NO2. The molecule has 3 aliphatic carbocycles. The molecule has 42 heavy (non-hydrogen) atoms. The second-order valence-electron chi connectivity index (χ2n) is 12.6. The van der Waals surface area contributed by atoms with E-state index in [0.29, 0.717) is 22.6 Å². The number of ketones is 2. The third-order valence-electron chi connectivity index (χ3n) is 9.64. The first kappa shape index (κ1) is 25.0. The van der Waals surface area contributed by atoms with Crippen molar-refractivity contribution in [2.24, 2.45) is 11.3 Å². The molecule has 1 atom stereocenters. The van der Waals surface area contributed by atoms with E-state index in [1.807, 2.05) is 12.1 Å². The molecule has 0 fully saturated rings. The van der Waals surface area contributed by atoms with Crippen molar-refractivity contribution < 1.29 is 9.59 Å². The number of para-hydroxylation sites is 2. The van der Waals surface area contributed by atoms with Gasteiger partial charge in [0, 0.05) is 27.6 Å². The Labute approximate surface area is 245 Å². The first-order chi connectivity index (χ1) is 20.4. The third kappa shape index (κ3) is 3.66. The largest absolute Gasteiger partial charge is 0.309 e. The van der Waals surface area contributed by atoms with Crippen molar-refractivity contribution >= 4 is 38.9 Å². The van der Waals surface area contributed by atoms with E-state index in [9.17, 15) is 9.59 Å². The topological polar surface area (TPSA) is 39.1 Å². The van der Waals surface area contributed by atoms with E-state index < -0.39 is 0 Å². The molecule has 0 bridgehead atoms. The Kier molecular flexibility index (Phi) is 5.43. The molecule has 4 aromatic carbocycles. The number of benzene rings is 4. The molecule has 3 nitrogen and oxygen atoms in total. The van der Waals surface area contributed by atoms with Crippen molar-refractivity contribution in [3.8, 4) is 5.69 Å². The number of nitrogens with zero attached hydrogens (tertiary/aromatic N) is 1. The lowest BCUT2D eigenvalue weighted by Gasteiger charge is -2.42. The Hall–Kier alpha value is -4.76. The molecule has 0 aliphatic heterocycles. The van der Waals surface area contributed by atoms with Gasteiger partial charge in [-0.25, -0.2) is 0 Å². The van der Waals surface area contributed by atoms with Gasteiger partial charge in [-0.3, -0.25) is 9.59 Å². The van der Waals surface area contributed by atoms with Crippen molar-refractivity contribution in [3.63, 3.8) is 0 Å². The molecular weight excluding hydrogens is 514 g/mol. The van der Waals surface area contributed by atoms with Gasteiger partial charge in [-0.05, 0) is 77.1 Å². The summed E-state index contributed by atoms with van der Waals surface area (Å²) in [6.07, 6.45) is 7.28. The van der Waals surface area contributed by atoms with Gasteiger partial charge >= 0.3 is 0 Å². The van der Waals surface area contributed by atoms with E-state index in [1.165, 1.54) is 38.5 Å². The Morgan fingerprint density at radius 2 is 1.26 bits per heavy atom. The molecule has 1 heterocycles. The fourth-order valence-electron chi connectivity index (χ4n) is 7.65. The van der Waals surface area contributed by atoms with Crippen molar-refractivity contribution in [3.05, 3.63) is 143 Å². The van der Waals surface area contributed by atoms with Gasteiger partial charge < -0.3 is 4.57 Å². The van der Waals surface area contributed by atoms with Crippen molar-refractivity contribution in [2.75, 3.05) is 0 Å². The van der Waals surface area contributed by atoms with E-state index in [1.54, 1.807) is 12.1 Å². The number of rotatable bonds is 2. The second kappa shape index (κ2) is 9.12. The molecule has 3 aliphatic rings. The van der Waals surface area contributed by atoms with Gasteiger partial charge in [-0.1, -0.05) is 98.8 Å². The zero-order valence-corrected chi connectivity index (χ0v) is 23.9. The predicted molar refractivity (Wildman–Crippen MR) is 170 cm³/mol. The molecule has 1 unspecified atom stereocenters. The monoisotopic (exact) mass is 545 g/mol. The first-order valence-electron chi connectivity index (χ1n) is 14.8. The summed E-state index contributed by atoms with van der Waals surface area (Å²) >= 11 is 0. The highest BCUT2D eigenvalue weighted by Gasteiger charge is 2.41. The second-order valence-corrected chi connectivity index (χ2v) is 12.6. The quantitative estimate of drug-likeness (QED) is 0.164. The van der Waals surface area contributed by atoms with E-state index >= 15 is 0 Å². The summed E-state index contributed by atoms with van der Waals surface area (Å²) in [5.74, 6) is 0.145. The van der Waals surface area contributed by atoms with Crippen LogP contribution in [0.3, 0.4) is 0 Å². The zero-order chi connectivity index (χ0) is 28.6. The predicted octanol–water partition coefficient (Wildman–Crippen LogP) is 9.31. The third-order valence-corrected chi connectivity index (χ3v) is 9.64. The van der Waals surface area contributed by atoms with Crippen LogP contribution in [-0.2, 0) is 0 Å². The SMILES string of the molecule is CC1(C)CC(=C2C(=O)c3ccccc3C2=O)C=C2C=C(c3ccc(-n4c5ccccc5c5ccccc54)cc3)CCC21. The summed E-state index contributed by atoms with van der Waals surface area (Å²) in [7, 11) is 0. The summed E-state index contributed by atoms with van der Waals surface area (Å²) in [6, 6.07) is 33.3. The number of Topliss-reactive ketones (excluding diaryl/α,β-unsaturated/α-hetero) is 2. The lowest BCUT2D eigenvalue weighted by atomic mass is 9.62. The normalized spacial score (nSPS) is 19.6. The average molecular weight is 546 g/mol. The molecule has 0 saturated heterocycles. The molecule has 0 amide bonds. The summed E-state index contributed by atoms with van der Waals surface area (Å²) in [5.41, 5.74) is 9.60. The summed E-state index contributed by atoms with van der Waals surface area (Å²) in [6.45, 7) is 4.56. The first-order valence-corrected chi connectivity index (χ1v) is 14.8. The smallest absolute Gasteiger partial charge is 0.197 e. The molecule has 204 valence electrons. The summed E-state index contributed by atoms with van der Waals surface area (Å²) in [5, 5.41) is 2.52. The number of hydrogen-bond acceptors (Lipinski definition) is 2. The van der Waals surface area contributed by atoms with Crippen LogP contribution in [0.5, 0.6) is 0 Å². The molecule has 3 heteroatoms. The van der Waals surface area contributed by atoms with Crippen LogP contribution in [0, 0.1) is 11.3 Å². The van der Waals surface area contributed by atoms with Gasteiger partial charge in [0.05, 0.1) is 16.6 Å². The highest BCUT2D eigenvalue weighted by molar-refractivity contribution is 6.40. The van der Waals surface area contributed by atoms with E-state index in [-0.39, 0.29) is 17.0 Å². The van der Waals surface area contributed by atoms with Gasteiger partial charge in [0.1, 0.15) is 0 Å². The minimum absolute atomic E-state index is 0.0375. The Balaban J connectivity index is 1.19. The molecule has 8 rings (SSSR count). The van der Waals surface area contributed by atoms with Crippen LogP contribution in [-0.4, -0.2) is 16.1 Å². The lowest BCUT2D eigenvalue weighted by Crippen LogP contribution is -2.31. The van der Waals surface area contributed by atoms with Crippen LogP contribution in [0.4, 0.5) is 0 Å². The van der Waals surface area contributed by atoms with Crippen LogP contribution in [0.25, 0.3) is 33.1 Å². The molecule has 0 saturated carbocycles. The maximum absolute atomic E-state index is 13.3. The Morgan fingerprint density at radius 3 is 1.88 bits per heavy atom. The Bertz CT molecular complexity index is 1970. The molecule has 1 aromatic heterocycles. The zero-order valence-electron chi connectivity index (χ0n) is 23.9. The van der Waals surface area contributed by atoms with Crippen LogP contribution in [0.1, 0.15) is 59.4 Å². The van der Waals surface area contributed by atoms with Gasteiger partial charge in [-0.15, -0.1) is 0 Å². The standard InChI is InChI=1S/C39H31NO2/c1-39(2)23-27(36-37(41)31-11-3-4-12-32(31)38(36)42)22-26-21-25(17-20-33(26)39)24-15-18-28(19-16-24)40-34-13-7-5-9-29(34)30-10-6-8-14-35(30)40/h3-16,18-19,21-22,33H,17,20,23H2,1-2H3. The Morgan fingerprint density at radius 1 is 0.690 bits per heavy atom. The summed E-state index contributed by atoms with van der Waals surface area (Å²) < 4.78 is 2.35. The number of carbonyl (C=O) groups is 2. The van der Waals surface area contributed by atoms with Crippen LogP contribution < -0.4 is 0 Å². The van der Waals surface area contributed by atoms with Gasteiger partial charge in [-0.2, -0.15) is 0 Å². The van der Waals surface area contributed by atoms with Gasteiger partial charge in [0.2, 0.25) is 0 Å². The number of hydrogen-bond donors (Lipinski definition) is 0. The minimum Gasteiger partial charge on any atom is -0.309 e. The number of carbonyl (C=O) groups excluding carboxylic acids is 2. The maximum atomic E-state index is 13.3. The van der Waals surface area contributed by atoms with Gasteiger partial charge in [0.15, 0.2) is 11.6 Å². The number of allylic oxidation sites excluding steroid dienone is 6. The minimum atomic E-state index is -0.127. The molecule has 0 N–H and O–H groups in total. The number of aromatic nitrogens is 1. The molecule has 0 spiro atoms. The van der Waals surface area contributed by atoms with E-state index in [4.69, 9.17) is 0 Å². The molecule has 0 radical (unpaired) electrons.